The highest BCUT2D eigenvalue weighted by atomic mass is 32.2. The molecule has 0 aromatic heterocycles. The molecule has 21 atom stereocenters. The Morgan fingerprint density at radius 2 is 1.27 bits per heavy atom. The van der Waals surface area contributed by atoms with Gasteiger partial charge in [0.25, 0.3) is 10.1 Å². The number of ether oxygens (including phenoxy) is 9. The third-order valence-corrected chi connectivity index (χ3v) is 11.1. The van der Waals surface area contributed by atoms with Crippen molar-refractivity contribution in [2.45, 2.75) is 134 Å². The molecule has 6 saturated heterocycles. The van der Waals surface area contributed by atoms with Crippen LogP contribution in [0.3, 0.4) is 0 Å². The summed E-state index contributed by atoms with van der Waals surface area (Å²) >= 11 is 0. The normalized spacial score (nSPS) is 53.8. The van der Waals surface area contributed by atoms with Crippen molar-refractivity contribution >= 4 is 10.1 Å². The number of rotatable bonds is 10. The molecule has 0 spiro atoms. The molecule has 11 N–H and O–H groups in total. The van der Waals surface area contributed by atoms with Gasteiger partial charge in [-0.1, -0.05) is 0 Å². The number of aliphatic hydroxyl groups is 10. The van der Waals surface area contributed by atoms with Gasteiger partial charge in [0.1, 0.15) is 103 Å². The highest BCUT2D eigenvalue weighted by Gasteiger charge is 2.65. The summed E-state index contributed by atoms with van der Waals surface area (Å²) in [7, 11) is -5.12. The molecule has 6 heterocycles. The highest BCUT2D eigenvalue weighted by molar-refractivity contribution is 7.86. The van der Waals surface area contributed by atoms with Crippen LogP contribution in [0.2, 0.25) is 0 Å². The average Bonchev–Trinajstić information content (AvgIpc) is 3.54. The first kappa shape index (κ1) is 37.9. The maximum absolute atomic E-state index is 12.3. The minimum absolute atomic E-state index is 0.0705. The Morgan fingerprint density at radius 1 is 0.694 bits per heavy atom. The number of hydrogen-bond donors (Lipinski definition) is 11. The Balaban J connectivity index is 1.19. The van der Waals surface area contributed by atoms with E-state index in [0.29, 0.717) is 0 Å². The Bertz CT molecular complexity index is 1260. The maximum atomic E-state index is 12.3. The van der Waals surface area contributed by atoms with Crippen LogP contribution < -0.4 is 0 Å². The monoisotopic (exact) mass is 738 g/mol. The summed E-state index contributed by atoms with van der Waals surface area (Å²) in [5.41, 5.74) is 0. The van der Waals surface area contributed by atoms with Crippen LogP contribution in [0, 0.1) is 0 Å². The van der Waals surface area contributed by atoms with Gasteiger partial charge in [-0.05, 0) is 6.92 Å². The summed E-state index contributed by atoms with van der Waals surface area (Å²) in [6.45, 7) is -1.30. The second kappa shape index (κ2) is 14.2. The molecular weight excluding hydrogens is 696 g/mol. The molecule has 0 radical (unpaired) electrons. The Labute approximate surface area is 277 Å². The molecule has 0 aliphatic carbocycles. The van der Waals surface area contributed by atoms with Gasteiger partial charge in [-0.15, -0.1) is 0 Å². The van der Waals surface area contributed by atoms with Gasteiger partial charge in [0.05, 0.1) is 26.4 Å². The van der Waals surface area contributed by atoms with Gasteiger partial charge in [-0.25, -0.2) is 0 Å². The molecule has 6 aliphatic rings. The van der Waals surface area contributed by atoms with E-state index in [9.17, 15) is 64.0 Å². The van der Waals surface area contributed by atoms with Crippen LogP contribution in [0.1, 0.15) is 6.92 Å². The van der Waals surface area contributed by atoms with E-state index in [2.05, 4.69) is 0 Å². The zero-order chi connectivity index (χ0) is 35.7. The fourth-order valence-corrected chi connectivity index (χ4v) is 7.70. The molecule has 6 fully saturated rings. The van der Waals surface area contributed by atoms with E-state index in [1.54, 1.807) is 0 Å². The topological polar surface area (TPSA) is 340 Å². The SMILES string of the molecule is CC([C@]1(O[C@@H]2[C@H]3OC[C@@H]2O[C@@H](O[C@@H]2[C@@H](O)[C@H](O[C@@H]4[C@H]5OC[C@@H]4O[C@@H](O)[C@H]5O)O[C@H](CO)[C@H]2O)[C@H]3O)O[C@H](CO)[C@H](O)[C@H](O)[C@H]1O)S(=O)(=O)O. The summed E-state index contributed by atoms with van der Waals surface area (Å²) in [5.74, 6) is -2.85. The zero-order valence-electron chi connectivity index (χ0n) is 25.7. The number of fused-ring (bicyclic) bond motifs is 4. The molecule has 284 valence electrons. The van der Waals surface area contributed by atoms with Crippen LogP contribution in [0.25, 0.3) is 0 Å². The van der Waals surface area contributed by atoms with E-state index in [0.717, 1.165) is 6.92 Å². The van der Waals surface area contributed by atoms with E-state index in [4.69, 9.17) is 42.6 Å². The van der Waals surface area contributed by atoms with E-state index >= 15 is 0 Å². The molecule has 1 unspecified atom stereocenters. The van der Waals surface area contributed by atoms with E-state index < -0.39 is 151 Å². The number of hydrogen-bond acceptors (Lipinski definition) is 21. The predicted molar refractivity (Wildman–Crippen MR) is 147 cm³/mol. The molecule has 49 heavy (non-hydrogen) atoms. The molecule has 22 nitrogen and oxygen atoms in total. The molecule has 0 amide bonds. The molecule has 23 heteroatoms. The number of aliphatic hydroxyl groups excluding tert-OH is 10. The van der Waals surface area contributed by atoms with Gasteiger partial charge in [0, 0.05) is 0 Å². The van der Waals surface area contributed by atoms with Crippen LogP contribution in [-0.2, 0) is 52.7 Å². The van der Waals surface area contributed by atoms with Crippen molar-refractivity contribution in [3.8, 4) is 0 Å². The van der Waals surface area contributed by atoms with E-state index in [1.807, 2.05) is 0 Å². The largest absolute Gasteiger partial charge is 0.394 e. The van der Waals surface area contributed by atoms with E-state index in [-0.39, 0.29) is 13.2 Å². The van der Waals surface area contributed by atoms with Crippen molar-refractivity contribution in [2.75, 3.05) is 26.4 Å². The van der Waals surface area contributed by atoms with Crippen LogP contribution in [0.15, 0.2) is 0 Å². The minimum atomic E-state index is -5.12. The summed E-state index contributed by atoms with van der Waals surface area (Å²) in [4.78, 5) is 0. The Hall–Kier alpha value is -0.850. The summed E-state index contributed by atoms with van der Waals surface area (Å²) in [5, 5.41) is 103. The second-order valence-electron chi connectivity index (χ2n) is 12.8. The van der Waals surface area contributed by atoms with Crippen molar-refractivity contribution in [3.63, 3.8) is 0 Å². The van der Waals surface area contributed by atoms with Crippen molar-refractivity contribution in [1.29, 1.82) is 0 Å². The lowest BCUT2D eigenvalue weighted by atomic mass is 9.90. The second-order valence-corrected chi connectivity index (χ2v) is 14.6. The van der Waals surface area contributed by atoms with Gasteiger partial charge in [0.15, 0.2) is 18.9 Å². The molecule has 0 aromatic carbocycles. The third-order valence-electron chi connectivity index (χ3n) is 9.87. The first-order chi connectivity index (χ1) is 23.0. The zero-order valence-corrected chi connectivity index (χ0v) is 26.5. The van der Waals surface area contributed by atoms with Gasteiger partial charge < -0.3 is 93.7 Å². The molecule has 4 bridgehead atoms. The quantitative estimate of drug-likeness (QED) is 0.0927. The van der Waals surface area contributed by atoms with Gasteiger partial charge in [-0.2, -0.15) is 8.42 Å². The van der Waals surface area contributed by atoms with Crippen LogP contribution in [-0.4, -0.2) is 218 Å². The minimum Gasteiger partial charge on any atom is -0.394 e. The van der Waals surface area contributed by atoms with Crippen LogP contribution >= 0.6 is 0 Å². The molecule has 0 saturated carbocycles. The average molecular weight is 739 g/mol. The van der Waals surface area contributed by atoms with Crippen molar-refractivity contribution < 1.29 is 107 Å². The van der Waals surface area contributed by atoms with E-state index in [1.165, 1.54) is 0 Å². The molecule has 6 rings (SSSR count). The standard InChI is InChI=1S/C26H42O22S/c1-6(49(37,38)39)26(22(35)13(31)11(29)8(3-28)47-26)48-18-10-5-41-21(18)16(34)25(44-10)46-19-12(30)7(2-27)43-24(15(19)33)45-17-9-4-40-20(17)14(32)23(36)42-9/h6-25,27-36H,2-5H2,1H3,(H,37,38,39)/t6?,7-,8-,9+,10+,11+,12-,13+,14+,15-,16+,17+,18+,19+,20+,21+,22-,23-,24+,25+,26-/m1/s1. The summed E-state index contributed by atoms with van der Waals surface area (Å²) in [6, 6.07) is 0. The summed E-state index contributed by atoms with van der Waals surface area (Å²) in [6.07, 6.45) is -30.2. The smallest absolute Gasteiger partial charge is 0.272 e. The van der Waals surface area contributed by atoms with Gasteiger partial charge in [0.2, 0.25) is 5.79 Å². The first-order valence-electron chi connectivity index (χ1n) is 15.5. The Morgan fingerprint density at radius 3 is 1.88 bits per heavy atom. The van der Waals surface area contributed by atoms with Crippen LogP contribution in [0.5, 0.6) is 0 Å². The fourth-order valence-electron chi connectivity index (χ4n) is 7.04. The van der Waals surface area contributed by atoms with Crippen molar-refractivity contribution in [2.24, 2.45) is 0 Å². The first-order valence-corrected chi connectivity index (χ1v) is 17.0. The highest BCUT2D eigenvalue weighted by Crippen LogP contribution is 2.43. The maximum Gasteiger partial charge on any atom is 0.272 e. The third kappa shape index (κ3) is 6.55. The van der Waals surface area contributed by atoms with Crippen LogP contribution in [0.4, 0.5) is 0 Å². The lowest BCUT2D eigenvalue weighted by Gasteiger charge is -2.52. The fraction of sp³-hybridized carbons (Fsp3) is 1.00. The lowest BCUT2D eigenvalue weighted by molar-refractivity contribution is -0.398. The Kier molecular flexibility index (Phi) is 11.0. The lowest BCUT2D eigenvalue weighted by Crippen LogP contribution is -2.73. The molecular formula is C26H42O22S. The molecule has 6 aliphatic heterocycles. The van der Waals surface area contributed by atoms with Crippen molar-refractivity contribution in [1.82, 2.24) is 0 Å². The van der Waals surface area contributed by atoms with Crippen molar-refractivity contribution in [3.05, 3.63) is 0 Å². The molecule has 0 aromatic rings. The summed E-state index contributed by atoms with van der Waals surface area (Å²) < 4.78 is 85.2. The van der Waals surface area contributed by atoms with Gasteiger partial charge in [-0.3, -0.25) is 4.55 Å². The van der Waals surface area contributed by atoms with Gasteiger partial charge >= 0.3 is 0 Å². The predicted octanol–water partition coefficient (Wildman–Crippen LogP) is -8.01.